The smallest absolute Gasteiger partial charge is 0.243 e. The maximum absolute atomic E-state index is 13.0. The number of methoxy groups -OCH3 is 1. The van der Waals surface area contributed by atoms with Gasteiger partial charge in [0.1, 0.15) is 5.75 Å². The number of piperidine rings is 1. The molecular formula is C23H30N2O4S. The van der Waals surface area contributed by atoms with E-state index in [4.69, 9.17) is 4.74 Å². The molecule has 1 aliphatic rings. The molecule has 2 aromatic carbocycles. The Balaban J connectivity index is 1.66. The van der Waals surface area contributed by atoms with Gasteiger partial charge in [-0.05, 0) is 61.6 Å². The number of nitrogens with zero attached hydrogens (tertiary/aromatic N) is 1. The number of benzene rings is 2. The molecule has 6 nitrogen and oxygen atoms in total. The van der Waals surface area contributed by atoms with Crippen LogP contribution < -0.4 is 10.1 Å². The van der Waals surface area contributed by atoms with Gasteiger partial charge in [-0.2, -0.15) is 4.31 Å². The van der Waals surface area contributed by atoms with Crippen molar-refractivity contribution >= 4 is 15.9 Å². The van der Waals surface area contributed by atoms with Crippen LogP contribution in [0.2, 0.25) is 0 Å². The first-order valence-electron chi connectivity index (χ1n) is 10.4. The van der Waals surface area contributed by atoms with Gasteiger partial charge in [0.25, 0.3) is 0 Å². The molecule has 1 fully saturated rings. The molecule has 30 heavy (non-hydrogen) atoms. The highest BCUT2D eigenvalue weighted by Gasteiger charge is 2.33. The van der Waals surface area contributed by atoms with Crippen LogP contribution >= 0.6 is 0 Å². The Bertz CT molecular complexity index is 956. The fraction of sp³-hybridized carbons (Fsp3) is 0.435. The van der Waals surface area contributed by atoms with Crippen LogP contribution in [0.3, 0.4) is 0 Å². The summed E-state index contributed by atoms with van der Waals surface area (Å²) in [7, 11) is -2.11. The van der Waals surface area contributed by atoms with E-state index in [0.717, 1.165) is 12.0 Å². The van der Waals surface area contributed by atoms with Crippen LogP contribution in [0.4, 0.5) is 0 Å². The van der Waals surface area contributed by atoms with Crippen molar-refractivity contribution < 1.29 is 17.9 Å². The summed E-state index contributed by atoms with van der Waals surface area (Å²) in [6, 6.07) is 14.4. The number of carbonyl (C=O) groups excluding carboxylic acids is 1. The van der Waals surface area contributed by atoms with Crippen LogP contribution in [0.1, 0.15) is 43.9 Å². The Morgan fingerprint density at radius 2 is 1.83 bits per heavy atom. The maximum atomic E-state index is 13.0. The number of carbonyl (C=O) groups is 1. The Kier molecular flexibility index (Phi) is 7.15. The summed E-state index contributed by atoms with van der Waals surface area (Å²) in [5.41, 5.74) is 2.29. The summed E-state index contributed by atoms with van der Waals surface area (Å²) in [5.74, 6) is 0.145. The minimum atomic E-state index is -3.64. The second-order valence-corrected chi connectivity index (χ2v) is 9.64. The molecule has 1 saturated heterocycles. The van der Waals surface area contributed by atoms with Gasteiger partial charge in [-0.15, -0.1) is 0 Å². The fourth-order valence-corrected chi connectivity index (χ4v) is 5.25. The number of hydrogen-bond acceptors (Lipinski definition) is 4. The second-order valence-electron chi connectivity index (χ2n) is 7.70. The predicted molar refractivity (Wildman–Crippen MR) is 117 cm³/mol. The van der Waals surface area contributed by atoms with E-state index in [9.17, 15) is 13.2 Å². The van der Waals surface area contributed by atoms with Crippen LogP contribution in [-0.4, -0.2) is 38.8 Å². The van der Waals surface area contributed by atoms with Gasteiger partial charge in [0.05, 0.1) is 24.0 Å². The number of aryl methyl sites for hydroxylation is 1. The Labute approximate surface area is 179 Å². The molecule has 0 aromatic heterocycles. The molecule has 1 aliphatic heterocycles. The molecule has 0 radical (unpaired) electrons. The van der Waals surface area contributed by atoms with E-state index in [1.165, 1.54) is 17.0 Å². The van der Waals surface area contributed by atoms with Crippen molar-refractivity contribution in [2.45, 2.75) is 44.0 Å². The highest BCUT2D eigenvalue weighted by Crippen LogP contribution is 2.26. The number of amides is 1. The first-order valence-corrected chi connectivity index (χ1v) is 11.8. The van der Waals surface area contributed by atoms with Crippen LogP contribution in [0.5, 0.6) is 5.75 Å². The molecule has 1 amide bonds. The molecule has 0 bridgehead atoms. The van der Waals surface area contributed by atoms with Gasteiger partial charge in [-0.3, -0.25) is 4.79 Å². The summed E-state index contributed by atoms with van der Waals surface area (Å²) >= 11 is 0. The van der Waals surface area contributed by atoms with E-state index >= 15 is 0 Å². The lowest BCUT2D eigenvalue weighted by Crippen LogP contribution is -2.45. The molecule has 1 N–H and O–H groups in total. The summed E-state index contributed by atoms with van der Waals surface area (Å²) in [6.45, 7) is 4.68. The van der Waals surface area contributed by atoms with Gasteiger partial charge in [0, 0.05) is 13.1 Å². The van der Waals surface area contributed by atoms with Crippen LogP contribution in [0.15, 0.2) is 53.4 Å². The zero-order valence-electron chi connectivity index (χ0n) is 17.8. The van der Waals surface area contributed by atoms with Crippen molar-refractivity contribution in [2.75, 3.05) is 20.2 Å². The zero-order chi connectivity index (χ0) is 21.7. The monoisotopic (exact) mass is 430 g/mol. The summed E-state index contributed by atoms with van der Waals surface area (Å²) in [6.07, 6.45) is 2.32. The normalized spacial score (nSPS) is 18.6. The fourth-order valence-electron chi connectivity index (χ4n) is 3.73. The molecule has 0 aliphatic carbocycles. The number of rotatable bonds is 7. The quantitative estimate of drug-likeness (QED) is 0.729. The highest BCUT2D eigenvalue weighted by atomic mass is 32.2. The zero-order valence-corrected chi connectivity index (χ0v) is 18.6. The van der Waals surface area contributed by atoms with Gasteiger partial charge in [-0.25, -0.2) is 8.42 Å². The Morgan fingerprint density at radius 3 is 2.43 bits per heavy atom. The molecular weight excluding hydrogens is 400 g/mol. The van der Waals surface area contributed by atoms with Crippen LogP contribution in [0.25, 0.3) is 0 Å². The first-order chi connectivity index (χ1) is 14.3. The third kappa shape index (κ3) is 5.02. The molecule has 3 rings (SSSR count). The van der Waals surface area contributed by atoms with Crippen molar-refractivity contribution in [2.24, 2.45) is 5.92 Å². The molecule has 0 unspecified atom stereocenters. The number of hydrogen-bond donors (Lipinski definition) is 1. The molecule has 1 heterocycles. The van der Waals surface area contributed by atoms with E-state index in [1.54, 1.807) is 24.3 Å². The number of nitrogens with one attached hydrogen (secondary N) is 1. The van der Waals surface area contributed by atoms with E-state index < -0.39 is 10.0 Å². The number of ether oxygens (including phenoxy) is 1. The molecule has 2 atom stereocenters. The van der Waals surface area contributed by atoms with Gasteiger partial charge in [0.2, 0.25) is 15.9 Å². The third-order valence-electron chi connectivity index (χ3n) is 5.70. The predicted octanol–water partition coefficient (Wildman–Crippen LogP) is 3.54. The van der Waals surface area contributed by atoms with Crippen molar-refractivity contribution in [3.8, 4) is 5.75 Å². The van der Waals surface area contributed by atoms with E-state index in [0.29, 0.717) is 25.1 Å². The van der Waals surface area contributed by atoms with Crippen molar-refractivity contribution in [3.63, 3.8) is 0 Å². The summed E-state index contributed by atoms with van der Waals surface area (Å²) in [5, 5.41) is 3.05. The van der Waals surface area contributed by atoms with E-state index in [-0.39, 0.29) is 29.3 Å². The van der Waals surface area contributed by atoms with Crippen LogP contribution in [0, 0.1) is 5.92 Å². The Hall–Kier alpha value is -2.38. The maximum Gasteiger partial charge on any atom is 0.243 e. The van der Waals surface area contributed by atoms with Crippen molar-refractivity contribution in [1.82, 2.24) is 9.62 Å². The lowest BCUT2D eigenvalue weighted by molar-refractivity contribution is -0.126. The molecule has 0 spiro atoms. The molecule has 162 valence electrons. The third-order valence-corrected chi connectivity index (χ3v) is 7.58. The summed E-state index contributed by atoms with van der Waals surface area (Å²) < 4.78 is 32.5. The standard InChI is InChI=1S/C23H30N2O4S/c1-4-18-7-9-19(10-8-18)17(2)24-23(26)20-6-5-15-25(16-20)30(27,28)22-13-11-21(29-3)12-14-22/h7-14,17,20H,4-6,15-16H2,1-3H3,(H,24,26)/t17-,20+/m1/s1. The van der Waals surface area contributed by atoms with Gasteiger partial charge < -0.3 is 10.1 Å². The van der Waals surface area contributed by atoms with Crippen LogP contribution in [-0.2, 0) is 21.2 Å². The first kappa shape index (κ1) is 22.3. The number of sulfonamides is 1. The van der Waals surface area contributed by atoms with Crippen molar-refractivity contribution in [1.29, 1.82) is 0 Å². The Morgan fingerprint density at radius 1 is 1.17 bits per heavy atom. The van der Waals surface area contributed by atoms with Gasteiger partial charge in [-0.1, -0.05) is 31.2 Å². The highest BCUT2D eigenvalue weighted by molar-refractivity contribution is 7.89. The van der Waals surface area contributed by atoms with Gasteiger partial charge >= 0.3 is 0 Å². The average Bonchev–Trinajstić information content (AvgIpc) is 2.79. The molecule has 7 heteroatoms. The molecule has 0 saturated carbocycles. The average molecular weight is 431 g/mol. The minimum absolute atomic E-state index is 0.100. The minimum Gasteiger partial charge on any atom is -0.497 e. The van der Waals surface area contributed by atoms with Gasteiger partial charge in [0.15, 0.2) is 0 Å². The largest absolute Gasteiger partial charge is 0.497 e. The topological polar surface area (TPSA) is 75.7 Å². The molecule has 2 aromatic rings. The lowest BCUT2D eigenvalue weighted by atomic mass is 9.97. The SMILES string of the molecule is CCc1ccc([C@@H](C)NC(=O)[C@H]2CCCN(S(=O)(=O)c3ccc(OC)cc3)C2)cc1. The lowest BCUT2D eigenvalue weighted by Gasteiger charge is -2.32. The van der Waals surface area contributed by atoms with Crippen molar-refractivity contribution in [3.05, 3.63) is 59.7 Å². The van der Waals surface area contributed by atoms with E-state index in [1.807, 2.05) is 19.1 Å². The second kappa shape index (κ2) is 9.62. The summed E-state index contributed by atoms with van der Waals surface area (Å²) in [4.78, 5) is 13.1. The van der Waals surface area contributed by atoms with E-state index in [2.05, 4.69) is 24.4 Å².